The van der Waals surface area contributed by atoms with E-state index in [1.165, 1.54) is 33.3 Å². The highest BCUT2D eigenvalue weighted by Crippen LogP contribution is 2.28. The van der Waals surface area contributed by atoms with Crippen molar-refractivity contribution in [2.45, 2.75) is 39.2 Å². The molecule has 0 radical (unpaired) electrons. The van der Waals surface area contributed by atoms with E-state index < -0.39 is 0 Å². The van der Waals surface area contributed by atoms with Crippen LogP contribution in [0.5, 0.6) is 0 Å². The number of hydrogen-bond donors (Lipinski definition) is 3. The first-order valence-electron chi connectivity index (χ1n) is 13.4. The van der Waals surface area contributed by atoms with Crippen LogP contribution in [0.3, 0.4) is 0 Å². The van der Waals surface area contributed by atoms with Crippen LogP contribution >= 0.6 is 0 Å². The quantitative estimate of drug-likeness (QED) is 0.230. The van der Waals surface area contributed by atoms with E-state index in [1.54, 1.807) is 6.20 Å². The standard InChI is InChI=1S/C34H36N4/c1-3-5-6-17-31-23-29-16-10-12-19-34(29)38(31)37-33(24-35)25(4-2)21-30-22-27-14-8-7-13-26(27)20-28-15-9-11-18-32(28)36-30/h3,5-19,21,23-24,30,36-37H,4,20,22,35H2,1-2H3/b5-3-,17-6-,25-21-,33-24+. The number of hydrogen-bond acceptors (Lipinski definition) is 3. The molecule has 38 heavy (non-hydrogen) atoms. The molecule has 0 bridgehead atoms. The second kappa shape index (κ2) is 11.7. The zero-order valence-corrected chi connectivity index (χ0v) is 22.2. The van der Waals surface area contributed by atoms with Gasteiger partial charge in [0.1, 0.15) is 0 Å². The van der Waals surface area contributed by atoms with Crippen LogP contribution in [-0.2, 0) is 12.8 Å². The number of nitrogens with zero attached hydrogens (tertiary/aromatic N) is 1. The molecule has 5 rings (SSSR count). The molecule has 1 aliphatic rings. The highest BCUT2D eigenvalue weighted by atomic mass is 15.4. The Morgan fingerprint density at radius 2 is 1.71 bits per heavy atom. The van der Waals surface area contributed by atoms with E-state index in [0.717, 1.165) is 36.2 Å². The van der Waals surface area contributed by atoms with Gasteiger partial charge in [-0.15, -0.1) is 0 Å². The molecule has 4 nitrogen and oxygen atoms in total. The van der Waals surface area contributed by atoms with E-state index in [0.29, 0.717) is 0 Å². The Bertz CT molecular complexity index is 1490. The van der Waals surface area contributed by atoms with Gasteiger partial charge in [-0.25, -0.2) is 0 Å². The van der Waals surface area contributed by atoms with Crippen LogP contribution in [0.25, 0.3) is 17.0 Å². The number of allylic oxidation sites excluding steroid dienone is 4. The third-order valence-electron chi connectivity index (χ3n) is 7.14. The summed E-state index contributed by atoms with van der Waals surface area (Å²) in [5, 5.41) is 5.00. The Labute approximate surface area is 225 Å². The predicted octanol–water partition coefficient (Wildman–Crippen LogP) is 7.54. The second-order valence-corrected chi connectivity index (χ2v) is 9.64. The first-order valence-corrected chi connectivity index (χ1v) is 13.4. The topological polar surface area (TPSA) is 55.0 Å². The lowest BCUT2D eigenvalue weighted by molar-refractivity contribution is 0.823. The molecule has 1 unspecified atom stereocenters. The summed E-state index contributed by atoms with van der Waals surface area (Å²) >= 11 is 0. The molecule has 1 aromatic heterocycles. The fourth-order valence-corrected chi connectivity index (χ4v) is 5.20. The Kier molecular flexibility index (Phi) is 7.79. The van der Waals surface area contributed by atoms with Gasteiger partial charge in [0.05, 0.1) is 16.9 Å². The number of nitrogens with one attached hydrogen (secondary N) is 2. The van der Waals surface area contributed by atoms with Gasteiger partial charge < -0.3 is 11.1 Å². The lowest BCUT2D eigenvalue weighted by Crippen LogP contribution is -2.25. The van der Waals surface area contributed by atoms with Crippen LogP contribution in [0.4, 0.5) is 5.69 Å². The van der Waals surface area contributed by atoms with Crippen molar-refractivity contribution in [2.24, 2.45) is 5.73 Å². The van der Waals surface area contributed by atoms with Crippen molar-refractivity contribution in [3.8, 4) is 0 Å². The molecule has 4 aromatic rings. The molecular weight excluding hydrogens is 464 g/mol. The van der Waals surface area contributed by atoms with E-state index in [2.05, 4.69) is 119 Å². The van der Waals surface area contributed by atoms with Crippen molar-refractivity contribution in [2.75, 3.05) is 10.7 Å². The molecule has 4 heteroatoms. The minimum absolute atomic E-state index is 0.125. The number of benzene rings is 3. The Morgan fingerprint density at radius 3 is 2.50 bits per heavy atom. The van der Waals surface area contributed by atoms with E-state index in [-0.39, 0.29) is 6.04 Å². The SMILES string of the molecule is C/C=C\C=C/c1cc2ccccc2n1NC(=C/N)/C(=C\C1Cc2ccccc2Cc2ccccc2N1)CC. The molecule has 1 aliphatic heterocycles. The number of aromatic nitrogens is 1. The van der Waals surface area contributed by atoms with Gasteiger partial charge in [-0.2, -0.15) is 0 Å². The average molecular weight is 501 g/mol. The fraction of sp³-hybridized carbons (Fsp3) is 0.176. The Hall–Kier alpha value is -4.44. The summed E-state index contributed by atoms with van der Waals surface area (Å²) in [5.41, 5.74) is 19.4. The molecule has 0 saturated heterocycles. The highest BCUT2D eigenvalue weighted by Gasteiger charge is 2.18. The maximum absolute atomic E-state index is 6.27. The fourth-order valence-electron chi connectivity index (χ4n) is 5.20. The lowest BCUT2D eigenvalue weighted by atomic mass is 9.91. The molecule has 0 fully saturated rings. The maximum Gasteiger partial charge on any atom is 0.0730 e. The molecule has 0 amide bonds. The first kappa shape index (κ1) is 25.2. The summed E-state index contributed by atoms with van der Waals surface area (Å²) in [6.45, 7) is 4.20. The molecular formula is C34H36N4. The van der Waals surface area contributed by atoms with Gasteiger partial charge in [0.25, 0.3) is 0 Å². The number of anilines is 1. The molecule has 1 atom stereocenters. The first-order chi connectivity index (χ1) is 18.7. The van der Waals surface area contributed by atoms with Crippen molar-refractivity contribution in [1.82, 2.24) is 4.68 Å². The molecule has 0 aliphatic carbocycles. The van der Waals surface area contributed by atoms with Gasteiger partial charge in [-0.3, -0.25) is 10.1 Å². The summed E-state index contributed by atoms with van der Waals surface area (Å²) in [6, 6.07) is 28.1. The van der Waals surface area contributed by atoms with Gasteiger partial charge in [0.2, 0.25) is 0 Å². The average Bonchev–Trinajstić information content (AvgIpc) is 3.28. The number of rotatable bonds is 7. The molecule has 3 aromatic carbocycles. The number of fused-ring (bicyclic) bond motifs is 3. The minimum atomic E-state index is 0.125. The third kappa shape index (κ3) is 5.45. The highest BCUT2D eigenvalue weighted by molar-refractivity contribution is 5.84. The lowest BCUT2D eigenvalue weighted by Gasteiger charge is -2.26. The number of nitrogens with two attached hydrogens (primary N) is 1. The molecule has 2 heterocycles. The summed E-state index contributed by atoms with van der Waals surface area (Å²) in [4.78, 5) is 0. The van der Waals surface area contributed by atoms with Crippen LogP contribution in [-0.4, -0.2) is 10.7 Å². The molecule has 4 N–H and O–H groups in total. The maximum atomic E-state index is 6.27. The van der Waals surface area contributed by atoms with Crippen LogP contribution in [0.1, 0.15) is 42.7 Å². The Balaban J connectivity index is 1.51. The van der Waals surface area contributed by atoms with Crippen molar-refractivity contribution in [3.05, 3.63) is 143 Å². The van der Waals surface area contributed by atoms with Crippen molar-refractivity contribution >= 4 is 22.7 Å². The summed E-state index contributed by atoms with van der Waals surface area (Å²) in [6.07, 6.45) is 15.0. The van der Waals surface area contributed by atoms with E-state index >= 15 is 0 Å². The zero-order chi connectivity index (χ0) is 26.3. The second-order valence-electron chi connectivity index (χ2n) is 9.64. The molecule has 192 valence electrons. The third-order valence-corrected chi connectivity index (χ3v) is 7.14. The summed E-state index contributed by atoms with van der Waals surface area (Å²) in [5.74, 6) is 0. The van der Waals surface area contributed by atoms with E-state index in [9.17, 15) is 0 Å². The summed E-state index contributed by atoms with van der Waals surface area (Å²) in [7, 11) is 0. The van der Waals surface area contributed by atoms with Crippen LogP contribution in [0.15, 0.2) is 121 Å². The molecule has 0 spiro atoms. The zero-order valence-electron chi connectivity index (χ0n) is 22.2. The number of para-hydroxylation sites is 2. The minimum Gasteiger partial charge on any atom is -0.403 e. The molecule has 0 saturated carbocycles. The van der Waals surface area contributed by atoms with Gasteiger partial charge in [-0.1, -0.05) is 91.9 Å². The van der Waals surface area contributed by atoms with Gasteiger partial charge in [0.15, 0.2) is 0 Å². The van der Waals surface area contributed by atoms with Gasteiger partial charge in [0, 0.05) is 23.3 Å². The van der Waals surface area contributed by atoms with Crippen LogP contribution in [0, 0.1) is 0 Å². The van der Waals surface area contributed by atoms with Crippen molar-refractivity contribution in [3.63, 3.8) is 0 Å². The van der Waals surface area contributed by atoms with Crippen LogP contribution < -0.4 is 16.5 Å². The van der Waals surface area contributed by atoms with E-state index in [4.69, 9.17) is 5.73 Å². The van der Waals surface area contributed by atoms with Crippen LogP contribution in [0.2, 0.25) is 0 Å². The van der Waals surface area contributed by atoms with Crippen molar-refractivity contribution in [1.29, 1.82) is 0 Å². The van der Waals surface area contributed by atoms with Gasteiger partial charge >= 0.3 is 0 Å². The van der Waals surface area contributed by atoms with Gasteiger partial charge in [-0.05, 0) is 72.7 Å². The van der Waals surface area contributed by atoms with Crippen molar-refractivity contribution < 1.29 is 0 Å². The normalized spacial score (nSPS) is 16.2. The smallest absolute Gasteiger partial charge is 0.0730 e. The largest absolute Gasteiger partial charge is 0.403 e. The summed E-state index contributed by atoms with van der Waals surface area (Å²) < 4.78 is 2.12. The Morgan fingerprint density at radius 1 is 0.974 bits per heavy atom. The van der Waals surface area contributed by atoms with E-state index in [1.807, 2.05) is 19.1 Å². The predicted molar refractivity (Wildman–Crippen MR) is 163 cm³/mol. The monoisotopic (exact) mass is 500 g/mol.